The molecule has 8 atom stereocenters. The summed E-state index contributed by atoms with van der Waals surface area (Å²) in [5, 5.41) is 17.3. The number of aliphatic hydroxyl groups is 2. The third kappa shape index (κ3) is 18.3. The number of ether oxygens (including phenoxy) is 13. The van der Waals surface area contributed by atoms with Gasteiger partial charge in [-0.25, -0.2) is 4.79 Å². The van der Waals surface area contributed by atoms with Crippen molar-refractivity contribution in [1.29, 1.82) is 0 Å². The van der Waals surface area contributed by atoms with Crippen molar-refractivity contribution >= 4 is 18.0 Å². The summed E-state index contributed by atoms with van der Waals surface area (Å²) in [6.07, 6.45) is -2.14. The standard InChI is InChI=1S/C10H16O6.C5H10O3.C5H8O3.C5H10O3.C5H8O3/c1-6-12-3-8(15-6)4-14-10(11)9-5-13-7(2)16-9;2*1-4-7-2-5(6)3-8-4;2*1-4-7-3-5(2-6)8-4/h6-9H,3-5H2,1-2H3;4-6H,2-3H2,1H3;4H,2-3H2,1H3;4-6H,2-3H2,1H3;2,4-5H,3H2,1H3. The number of carbonyl (C=O) groups is 3. The van der Waals surface area contributed by atoms with Gasteiger partial charge in [0.1, 0.15) is 44.2 Å². The molecular formula is C30H52O18. The summed E-state index contributed by atoms with van der Waals surface area (Å²) < 4.78 is 65.1. The van der Waals surface area contributed by atoms with Gasteiger partial charge in [0.15, 0.2) is 55.9 Å². The van der Waals surface area contributed by atoms with Crippen LogP contribution in [0.5, 0.6) is 0 Å². The van der Waals surface area contributed by atoms with Crippen molar-refractivity contribution in [1.82, 2.24) is 0 Å². The molecule has 0 spiro atoms. The average Bonchev–Trinajstić information content (AvgIpc) is 3.89. The van der Waals surface area contributed by atoms with Gasteiger partial charge < -0.3 is 76.6 Å². The molecule has 0 radical (unpaired) electrons. The lowest BCUT2D eigenvalue weighted by Gasteiger charge is -2.23. The van der Waals surface area contributed by atoms with E-state index in [2.05, 4.69) is 0 Å². The van der Waals surface area contributed by atoms with Gasteiger partial charge in [0, 0.05) is 0 Å². The monoisotopic (exact) mass is 700 g/mol. The van der Waals surface area contributed by atoms with Gasteiger partial charge >= 0.3 is 5.97 Å². The lowest BCUT2D eigenvalue weighted by Crippen LogP contribution is -2.33. The van der Waals surface area contributed by atoms with Crippen LogP contribution in [0.1, 0.15) is 41.5 Å². The lowest BCUT2D eigenvalue weighted by molar-refractivity contribution is -0.207. The Morgan fingerprint density at radius 1 is 0.667 bits per heavy atom. The van der Waals surface area contributed by atoms with Gasteiger partial charge in [-0.05, 0) is 41.5 Å². The quantitative estimate of drug-likeness (QED) is 0.271. The van der Waals surface area contributed by atoms with Crippen LogP contribution >= 0.6 is 0 Å². The minimum absolute atomic E-state index is 0.0168. The molecule has 48 heavy (non-hydrogen) atoms. The Hall–Kier alpha value is -1.75. The van der Waals surface area contributed by atoms with E-state index in [0.717, 1.165) is 6.29 Å². The molecule has 0 aromatic rings. The van der Waals surface area contributed by atoms with Gasteiger partial charge in [-0.1, -0.05) is 0 Å². The molecule has 0 aliphatic carbocycles. The summed E-state index contributed by atoms with van der Waals surface area (Å²) in [5.74, 6) is -0.393. The smallest absolute Gasteiger partial charge is 0.337 e. The predicted molar refractivity (Wildman–Crippen MR) is 159 cm³/mol. The maximum Gasteiger partial charge on any atom is 0.337 e. The molecule has 2 N–H and O–H groups in total. The van der Waals surface area contributed by atoms with Gasteiger partial charge in [-0.15, -0.1) is 0 Å². The first-order chi connectivity index (χ1) is 22.9. The normalized spacial score (nSPS) is 36.2. The Labute approximate surface area is 280 Å². The molecule has 6 heterocycles. The van der Waals surface area contributed by atoms with Crippen LogP contribution in [0.4, 0.5) is 0 Å². The second-order valence-corrected chi connectivity index (χ2v) is 11.0. The molecule has 6 rings (SSSR count). The molecule has 280 valence electrons. The van der Waals surface area contributed by atoms with Crippen molar-refractivity contribution in [2.75, 3.05) is 66.1 Å². The zero-order chi connectivity index (χ0) is 35.5. The van der Waals surface area contributed by atoms with Crippen molar-refractivity contribution in [3.8, 4) is 0 Å². The third-order valence-electron chi connectivity index (χ3n) is 6.54. The first-order valence-corrected chi connectivity index (χ1v) is 15.9. The molecule has 6 fully saturated rings. The molecule has 8 unspecified atom stereocenters. The van der Waals surface area contributed by atoms with Crippen LogP contribution in [0, 0.1) is 0 Å². The SMILES string of the molecule is CC1OCC(=O)CO1.CC1OCC(C=O)O1.CC1OCC(CO)O1.CC1OCC(COC(=O)C2COC(C)O2)O1.CC1OCC(O)CO1. The molecule has 0 aromatic carbocycles. The van der Waals surface area contributed by atoms with Crippen LogP contribution in [-0.2, 0) is 76.0 Å². The molecular weight excluding hydrogens is 648 g/mol. The maximum atomic E-state index is 11.5. The zero-order valence-electron chi connectivity index (χ0n) is 28.4. The summed E-state index contributed by atoms with van der Waals surface area (Å²) in [4.78, 5) is 31.8. The van der Waals surface area contributed by atoms with Crippen LogP contribution in [0.15, 0.2) is 0 Å². The van der Waals surface area contributed by atoms with Crippen molar-refractivity contribution in [2.24, 2.45) is 0 Å². The summed E-state index contributed by atoms with van der Waals surface area (Å²) >= 11 is 0. The van der Waals surface area contributed by atoms with Crippen molar-refractivity contribution in [2.45, 2.75) is 110 Å². The van der Waals surface area contributed by atoms with E-state index in [0.29, 0.717) is 33.0 Å². The van der Waals surface area contributed by atoms with E-state index in [4.69, 9.17) is 71.8 Å². The Kier molecular flexibility index (Phi) is 20.9. The van der Waals surface area contributed by atoms with Gasteiger partial charge in [-0.2, -0.15) is 0 Å². The minimum atomic E-state index is -0.616. The Bertz CT molecular complexity index is 881. The molecule has 6 aliphatic rings. The molecule has 6 saturated heterocycles. The number of hydrogen-bond acceptors (Lipinski definition) is 18. The molecule has 0 amide bonds. The van der Waals surface area contributed by atoms with Crippen molar-refractivity contribution in [3.63, 3.8) is 0 Å². The summed E-state index contributed by atoms with van der Waals surface area (Å²) in [5.41, 5.74) is 0. The van der Waals surface area contributed by atoms with E-state index in [1.165, 1.54) is 0 Å². The fourth-order valence-corrected chi connectivity index (χ4v) is 4.02. The number of Topliss-reactive ketones (excluding diaryl/α,β-unsaturated/α-hetero) is 1. The van der Waals surface area contributed by atoms with E-state index >= 15 is 0 Å². The molecule has 0 bridgehead atoms. The largest absolute Gasteiger partial charge is 0.461 e. The summed E-state index contributed by atoms with van der Waals surface area (Å²) in [7, 11) is 0. The van der Waals surface area contributed by atoms with Gasteiger partial charge in [-0.3, -0.25) is 4.79 Å². The van der Waals surface area contributed by atoms with Crippen LogP contribution in [-0.4, -0.2) is 163 Å². The number of rotatable bonds is 5. The zero-order valence-corrected chi connectivity index (χ0v) is 28.4. The number of carbonyl (C=O) groups excluding carboxylic acids is 3. The number of hydrogen-bond donors (Lipinski definition) is 2. The summed E-state index contributed by atoms with van der Waals surface area (Å²) in [6.45, 7) is 13.8. The van der Waals surface area contributed by atoms with E-state index in [9.17, 15) is 14.4 Å². The molecule has 18 nitrogen and oxygen atoms in total. The van der Waals surface area contributed by atoms with Crippen molar-refractivity contribution < 1.29 is 86.2 Å². The van der Waals surface area contributed by atoms with E-state index in [1.54, 1.807) is 27.7 Å². The highest BCUT2D eigenvalue weighted by atomic mass is 16.8. The molecule has 0 aromatic heterocycles. The number of esters is 1. The topological polar surface area (TPSA) is 212 Å². The van der Waals surface area contributed by atoms with Crippen LogP contribution in [0.2, 0.25) is 0 Å². The molecule has 6 aliphatic heterocycles. The average molecular weight is 701 g/mol. The second-order valence-electron chi connectivity index (χ2n) is 11.0. The second kappa shape index (κ2) is 23.6. The number of aliphatic hydroxyl groups excluding tert-OH is 2. The number of aldehydes is 1. The Morgan fingerprint density at radius 3 is 1.52 bits per heavy atom. The van der Waals surface area contributed by atoms with Crippen molar-refractivity contribution in [3.05, 3.63) is 0 Å². The van der Waals surface area contributed by atoms with Crippen LogP contribution in [0.3, 0.4) is 0 Å². The van der Waals surface area contributed by atoms with Crippen LogP contribution < -0.4 is 0 Å². The highest BCUT2D eigenvalue weighted by Crippen LogP contribution is 2.15. The highest BCUT2D eigenvalue weighted by molar-refractivity contribution is 5.81. The fourth-order valence-electron chi connectivity index (χ4n) is 4.02. The predicted octanol–water partition coefficient (Wildman–Crippen LogP) is -0.572. The molecule has 18 heteroatoms. The minimum Gasteiger partial charge on any atom is -0.461 e. The summed E-state index contributed by atoms with van der Waals surface area (Å²) in [6, 6.07) is 0. The maximum absolute atomic E-state index is 11.5. The van der Waals surface area contributed by atoms with Gasteiger partial charge in [0.05, 0.1) is 46.2 Å². The first-order valence-electron chi connectivity index (χ1n) is 15.9. The Balaban J connectivity index is 0.000000217. The molecule has 0 saturated carbocycles. The van der Waals surface area contributed by atoms with Gasteiger partial charge in [0.25, 0.3) is 0 Å². The first kappa shape index (κ1) is 42.4. The third-order valence-corrected chi connectivity index (χ3v) is 6.54. The van der Waals surface area contributed by atoms with E-state index < -0.39 is 18.2 Å². The van der Waals surface area contributed by atoms with E-state index in [-0.39, 0.29) is 94.9 Å². The van der Waals surface area contributed by atoms with E-state index in [1.807, 2.05) is 13.8 Å². The van der Waals surface area contributed by atoms with Crippen LogP contribution in [0.25, 0.3) is 0 Å². The highest BCUT2D eigenvalue weighted by Gasteiger charge is 2.32. The lowest BCUT2D eigenvalue weighted by atomic mass is 10.4. The fraction of sp³-hybridized carbons (Fsp3) is 0.900. The van der Waals surface area contributed by atoms with Gasteiger partial charge in [0.2, 0.25) is 0 Å². The number of ketones is 1. The Morgan fingerprint density at radius 2 is 1.15 bits per heavy atom.